The summed E-state index contributed by atoms with van der Waals surface area (Å²) in [6.45, 7) is 3.18. The largest absolute Gasteiger partial charge is 0.469 e. The molecular formula is C18H20N4O4. The number of aryl methyl sites for hydroxylation is 1. The number of hydrogen-bond acceptors (Lipinski definition) is 7. The number of hydrogen-bond donors (Lipinski definition) is 0. The number of carbonyl (C=O) groups excluding carboxylic acids is 1. The zero-order chi connectivity index (χ0) is 18.7. The van der Waals surface area contributed by atoms with E-state index in [2.05, 4.69) is 9.97 Å². The number of ether oxygens (including phenoxy) is 1. The number of carbonyl (C=O) groups is 1. The number of nitrogens with zero attached hydrogens (tertiary/aromatic N) is 4. The van der Waals surface area contributed by atoms with Gasteiger partial charge in [-0.25, -0.2) is 9.97 Å². The zero-order valence-electron chi connectivity index (χ0n) is 14.7. The molecule has 26 heavy (non-hydrogen) atoms. The molecule has 0 aliphatic carbocycles. The van der Waals surface area contributed by atoms with Crippen LogP contribution in [0.4, 0.5) is 11.5 Å². The number of anilines is 1. The Morgan fingerprint density at radius 3 is 2.88 bits per heavy atom. The summed E-state index contributed by atoms with van der Waals surface area (Å²) in [6.07, 6.45) is 1.67. The van der Waals surface area contributed by atoms with E-state index in [-0.39, 0.29) is 17.6 Å². The molecule has 1 aromatic heterocycles. The molecule has 1 aromatic carbocycles. The van der Waals surface area contributed by atoms with Crippen molar-refractivity contribution < 1.29 is 14.5 Å². The summed E-state index contributed by atoms with van der Waals surface area (Å²) in [5.41, 5.74) is 1.35. The molecule has 1 atom stereocenters. The van der Waals surface area contributed by atoms with Crippen molar-refractivity contribution in [2.45, 2.75) is 19.8 Å². The second-order valence-electron chi connectivity index (χ2n) is 6.31. The SMILES string of the molecule is COC(=O)[C@@H]1CCCN(c2cc(C)nc(-c3cccc([N+](=O)[O-])c3)n2)C1. The van der Waals surface area contributed by atoms with E-state index in [1.807, 2.05) is 17.9 Å². The number of esters is 1. The number of nitro groups is 1. The molecule has 8 heteroatoms. The van der Waals surface area contributed by atoms with Crippen molar-refractivity contribution in [1.82, 2.24) is 9.97 Å². The Labute approximate surface area is 151 Å². The molecule has 1 fully saturated rings. The van der Waals surface area contributed by atoms with Gasteiger partial charge in [0, 0.05) is 42.5 Å². The van der Waals surface area contributed by atoms with E-state index in [0.29, 0.717) is 23.8 Å². The van der Waals surface area contributed by atoms with Crippen molar-refractivity contribution >= 4 is 17.5 Å². The lowest BCUT2D eigenvalue weighted by molar-refractivity contribution is -0.384. The first-order chi connectivity index (χ1) is 12.5. The van der Waals surface area contributed by atoms with E-state index >= 15 is 0 Å². The summed E-state index contributed by atoms with van der Waals surface area (Å²) in [5, 5.41) is 11.0. The third-order valence-electron chi connectivity index (χ3n) is 4.44. The topological polar surface area (TPSA) is 98.5 Å². The molecule has 0 bridgehead atoms. The van der Waals surface area contributed by atoms with E-state index in [1.165, 1.54) is 19.2 Å². The number of rotatable bonds is 4. The Bertz CT molecular complexity index is 840. The monoisotopic (exact) mass is 356 g/mol. The Kier molecular flexibility index (Phi) is 5.11. The van der Waals surface area contributed by atoms with Crippen molar-refractivity contribution in [3.05, 3.63) is 46.1 Å². The summed E-state index contributed by atoms with van der Waals surface area (Å²) in [7, 11) is 1.40. The van der Waals surface area contributed by atoms with E-state index in [4.69, 9.17) is 4.74 Å². The summed E-state index contributed by atoms with van der Waals surface area (Å²) in [4.78, 5) is 33.5. The molecule has 0 N–H and O–H groups in total. The lowest BCUT2D eigenvalue weighted by Gasteiger charge is -2.32. The maximum absolute atomic E-state index is 11.9. The van der Waals surface area contributed by atoms with Crippen LogP contribution < -0.4 is 4.90 Å². The Balaban J connectivity index is 1.92. The van der Waals surface area contributed by atoms with Crippen LogP contribution in [-0.2, 0) is 9.53 Å². The molecule has 2 heterocycles. The molecule has 1 saturated heterocycles. The van der Waals surface area contributed by atoms with Crippen molar-refractivity contribution in [3.8, 4) is 11.4 Å². The van der Waals surface area contributed by atoms with Crippen LogP contribution in [-0.4, -0.2) is 41.1 Å². The second-order valence-corrected chi connectivity index (χ2v) is 6.31. The van der Waals surface area contributed by atoms with Crippen LogP contribution in [0.3, 0.4) is 0 Å². The molecule has 1 aliphatic rings. The summed E-state index contributed by atoms with van der Waals surface area (Å²) in [6, 6.07) is 8.13. The van der Waals surface area contributed by atoms with Crippen LogP contribution in [0.2, 0.25) is 0 Å². The number of nitro benzene ring substituents is 1. The molecule has 0 amide bonds. The first-order valence-electron chi connectivity index (χ1n) is 8.41. The van der Waals surface area contributed by atoms with E-state index < -0.39 is 4.92 Å². The number of piperidine rings is 1. The minimum absolute atomic E-state index is 0.00196. The summed E-state index contributed by atoms with van der Waals surface area (Å²) >= 11 is 0. The first kappa shape index (κ1) is 17.8. The highest BCUT2D eigenvalue weighted by molar-refractivity contribution is 5.73. The number of non-ortho nitro benzene ring substituents is 1. The predicted molar refractivity (Wildman–Crippen MR) is 95.8 cm³/mol. The van der Waals surface area contributed by atoms with Crippen LogP contribution in [0.5, 0.6) is 0 Å². The first-order valence-corrected chi connectivity index (χ1v) is 8.41. The molecule has 0 saturated carbocycles. The quantitative estimate of drug-likeness (QED) is 0.472. The molecule has 136 valence electrons. The lowest BCUT2D eigenvalue weighted by Crippen LogP contribution is -2.39. The number of aromatic nitrogens is 2. The van der Waals surface area contributed by atoms with Gasteiger partial charge in [0.25, 0.3) is 5.69 Å². The molecular weight excluding hydrogens is 336 g/mol. The van der Waals surface area contributed by atoms with Crippen LogP contribution in [0.1, 0.15) is 18.5 Å². The number of methoxy groups -OCH3 is 1. The van der Waals surface area contributed by atoms with Gasteiger partial charge < -0.3 is 9.64 Å². The van der Waals surface area contributed by atoms with Gasteiger partial charge in [0.2, 0.25) is 0 Å². The third-order valence-corrected chi connectivity index (χ3v) is 4.44. The third kappa shape index (κ3) is 3.79. The highest BCUT2D eigenvalue weighted by Gasteiger charge is 2.27. The van der Waals surface area contributed by atoms with E-state index in [9.17, 15) is 14.9 Å². The minimum Gasteiger partial charge on any atom is -0.469 e. The predicted octanol–water partition coefficient (Wildman–Crippen LogP) is 2.75. The van der Waals surface area contributed by atoms with Gasteiger partial charge >= 0.3 is 5.97 Å². The molecule has 1 aliphatic heterocycles. The van der Waals surface area contributed by atoms with Gasteiger partial charge in [0.05, 0.1) is 18.0 Å². The van der Waals surface area contributed by atoms with Gasteiger partial charge in [-0.05, 0) is 19.8 Å². The number of benzene rings is 1. The van der Waals surface area contributed by atoms with Gasteiger partial charge in [0.15, 0.2) is 5.82 Å². The molecule has 0 radical (unpaired) electrons. The summed E-state index contributed by atoms with van der Waals surface area (Å²) in [5.74, 6) is 0.765. The maximum atomic E-state index is 11.9. The second kappa shape index (κ2) is 7.47. The smallest absolute Gasteiger partial charge is 0.310 e. The van der Waals surface area contributed by atoms with Crippen molar-refractivity contribution in [3.63, 3.8) is 0 Å². The normalized spacial score (nSPS) is 17.0. The van der Waals surface area contributed by atoms with Gasteiger partial charge in [0.1, 0.15) is 5.82 Å². The molecule has 8 nitrogen and oxygen atoms in total. The minimum atomic E-state index is -0.439. The fourth-order valence-electron chi connectivity index (χ4n) is 3.15. The van der Waals surface area contributed by atoms with Crippen molar-refractivity contribution in [1.29, 1.82) is 0 Å². The Morgan fingerprint density at radius 1 is 1.35 bits per heavy atom. The van der Waals surface area contributed by atoms with Crippen LogP contribution in [0.15, 0.2) is 30.3 Å². The fraction of sp³-hybridized carbons (Fsp3) is 0.389. The molecule has 0 spiro atoms. The van der Waals surface area contributed by atoms with Gasteiger partial charge in [-0.3, -0.25) is 14.9 Å². The Hall–Kier alpha value is -3.03. The van der Waals surface area contributed by atoms with Gasteiger partial charge in [-0.15, -0.1) is 0 Å². The highest BCUT2D eigenvalue weighted by atomic mass is 16.6. The van der Waals surface area contributed by atoms with Crippen molar-refractivity contribution in [2.75, 3.05) is 25.1 Å². The summed E-state index contributed by atoms with van der Waals surface area (Å²) < 4.78 is 4.86. The Morgan fingerprint density at radius 2 is 2.15 bits per heavy atom. The van der Waals surface area contributed by atoms with E-state index in [0.717, 1.165) is 25.1 Å². The zero-order valence-corrected chi connectivity index (χ0v) is 14.7. The average molecular weight is 356 g/mol. The molecule has 0 unspecified atom stereocenters. The maximum Gasteiger partial charge on any atom is 0.310 e. The lowest BCUT2D eigenvalue weighted by atomic mass is 9.98. The fourth-order valence-corrected chi connectivity index (χ4v) is 3.15. The van der Waals surface area contributed by atoms with Gasteiger partial charge in [-0.1, -0.05) is 12.1 Å². The molecule has 2 aromatic rings. The van der Waals surface area contributed by atoms with Crippen molar-refractivity contribution in [2.24, 2.45) is 5.92 Å². The van der Waals surface area contributed by atoms with E-state index in [1.54, 1.807) is 12.1 Å². The average Bonchev–Trinajstić information content (AvgIpc) is 2.67. The standard InChI is InChI=1S/C18H20N4O4/c1-12-9-16(21-8-4-6-14(11-21)18(23)26-2)20-17(19-12)13-5-3-7-15(10-13)22(24)25/h3,5,7,9-10,14H,4,6,8,11H2,1-2H3/t14-/m1/s1. The van der Waals surface area contributed by atoms with Crippen LogP contribution >= 0.6 is 0 Å². The highest BCUT2D eigenvalue weighted by Crippen LogP contribution is 2.26. The molecule has 3 rings (SSSR count). The van der Waals surface area contributed by atoms with Crippen LogP contribution in [0.25, 0.3) is 11.4 Å². The van der Waals surface area contributed by atoms with Gasteiger partial charge in [-0.2, -0.15) is 0 Å². The van der Waals surface area contributed by atoms with Crippen LogP contribution in [0, 0.1) is 23.0 Å².